The summed E-state index contributed by atoms with van der Waals surface area (Å²) in [6.07, 6.45) is 1.22. The minimum Gasteiger partial charge on any atom is -0.383 e. The Morgan fingerprint density at radius 1 is 1.50 bits per heavy atom. The summed E-state index contributed by atoms with van der Waals surface area (Å²) >= 11 is 0. The largest absolute Gasteiger partial charge is 0.383 e. The van der Waals surface area contributed by atoms with Crippen molar-refractivity contribution in [2.24, 2.45) is 7.05 Å². The summed E-state index contributed by atoms with van der Waals surface area (Å²) in [5.74, 6) is 0.0576. The molecule has 0 aromatic carbocycles. The number of hydrogen-bond donors (Lipinski definition) is 1. The smallest absolute Gasteiger partial charge is 0.220 e. The number of amides is 1. The lowest BCUT2D eigenvalue weighted by molar-refractivity contribution is -0.122. The van der Waals surface area contributed by atoms with Gasteiger partial charge in [0.15, 0.2) is 0 Å². The Bertz CT molecular complexity index is 413. The van der Waals surface area contributed by atoms with Gasteiger partial charge >= 0.3 is 0 Å². The first kappa shape index (κ1) is 14.7. The molecule has 1 rings (SSSR count). The van der Waals surface area contributed by atoms with Gasteiger partial charge in [-0.15, -0.1) is 0 Å². The van der Waals surface area contributed by atoms with Gasteiger partial charge in [-0.3, -0.25) is 9.48 Å². The van der Waals surface area contributed by atoms with E-state index in [2.05, 4.69) is 10.4 Å². The maximum Gasteiger partial charge on any atom is 0.220 e. The van der Waals surface area contributed by atoms with E-state index in [1.807, 2.05) is 32.5 Å². The van der Waals surface area contributed by atoms with Crippen LogP contribution in [0.5, 0.6) is 0 Å². The zero-order valence-corrected chi connectivity index (χ0v) is 11.9. The molecule has 5 heteroatoms. The van der Waals surface area contributed by atoms with Crippen LogP contribution < -0.4 is 5.32 Å². The fourth-order valence-corrected chi connectivity index (χ4v) is 2.06. The summed E-state index contributed by atoms with van der Waals surface area (Å²) in [4.78, 5) is 11.7. The molecule has 0 saturated heterocycles. The molecule has 1 atom stereocenters. The van der Waals surface area contributed by atoms with Crippen molar-refractivity contribution in [2.45, 2.75) is 39.7 Å². The Morgan fingerprint density at radius 3 is 2.67 bits per heavy atom. The number of carbonyl (C=O) groups excluding carboxylic acids is 1. The van der Waals surface area contributed by atoms with E-state index in [0.717, 1.165) is 17.8 Å². The molecule has 1 aromatic heterocycles. The number of nitrogens with one attached hydrogen (secondary N) is 1. The molecule has 5 nitrogen and oxygen atoms in total. The number of aryl methyl sites for hydroxylation is 2. The van der Waals surface area contributed by atoms with E-state index in [4.69, 9.17) is 4.74 Å². The van der Waals surface area contributed by atoms with Crippen LogP contribution in [0.1, 0.15) is 30.3 Å². The van der Waals surface area contributed by atoms with Crippen LogP contribution in [-0.4, -0.2) is 35.4 Å². The van der Waals surface area contributed by atoms with Crippen LogP contribution in [0.2, 0.25) is 0 Å². The molecule has 0 bridgehead atoms. The molecule has 0 aliphatic rings. The van der Waals surface area contributed by atoms with E-state index in [0.29, 0.717) is 13.0 Å². The third-order valence-corrected chi connectivity index (χ3v) is 3.08. The zero-order chi connectivity index (χ0) is 13.7. The van der Waals surface area contributed by atoms with Gasteiger partial charge in [0.2, 0.25) is 5.91 Å². The Balaban J connectivity index is 2.47. The van der Waals surface area contributed by atoms with Crippen LogP contribution in [0.4, 0.5) is 0 Å². The minimum atomic E-state index is 0.0543. The predicted octanol–water partition coefficient (Wildman–Crippen LogP) is 1.12. The Labute approximate surface area is 109 Å². The lowest BCUT2D eigenvalue weighted by Crippen LogP contribution is -2.35. The van der Waals surface area contributed by atoms with Crippen molar-refractivity contribution in [3.8, 4) is 0 Å². The summed E-state index contributed by atoms with van der Waals surface area (Å²) in [5.41, 5.74) is 3.31. The zero-order valence-electron chi connectivity index (χ0n) is 11.9. The fraction of sp³-hybridized carbons (Fsp3) is 0.692. The Kier molecular flexibility index (Phi) is 5.34. The summed E-state index contributed by atoms with van der Waals surface area (Å²) in [6.45, 7) is 6.48. The minimum absolute atomic E-state index is 0.0543. The third kappa shape index (κ3) is 3.84. The highest BCUT2D eigenvalue weighted by atomic mass is 16.5. The second kappa shape index (κ2) is 6.54. The second-order valence-electron chi connectivity index (χ2n) is 4.70. The summed E-state index contributed by atoms with van der Waals surface area (Å²) in [7, 11) is 3.55. The molecule has 0 spiro atoms. The molecule has 1 heterocycles. The SMILES string of the molecule is COC[C@@H](C)NC(=O)CCc1c(C)nn(C)c1C. The Hall–Kier alpha value is -1.36. The van der Waals surface area contributed by atoms with E-state index in [1.54, 1.807) is 7.11 Å². The van der Waals surface area contributed by atoms with Crippen molar-refractivity contribution in [1.29, 1.82) is 0 Å². The van der Waals surface area contributed by atoms with Crippen molar-refractivity contribution < 1.29 is 9.53 Å². The quantitative estimate of drug-likeness (QED) is 0.826. The number of carbonyl (C=O) groups is 1. The van der Waals surface area contributed by atoms with Gasteiger partial charge < -0.3 is 10.1 Å². The number of methoxy groups -OCH3 is 1. The highest BCUT2D eigenvalue weighted by Crippen LogP contribution is 2.13. The lowest BCUT2D eigenvalue weighted by atomic mass is 10.1. The van der Waals surface area contributed by atoms with E-state index in [-0.39, 0.29) is 11.9 Å². The number of ether oxygens (including phenoxy) is 1. The molecule has 0 fully saturated rings. The number of aromatic nitrogens is 2. The first-order chi connectivity index (χ1) is 8.45. The molecule has 1 aromatic rings. The van der Waals surface area contributed by atoms with E-state index in [9.17, 15) is 4.79 Å². The molecular weight excluding hydrogens is 230 g/mol. The molecule has 0 aliphatic carbocycles. The van der Waals surface area contributed by atoms with Crippen LogP contribution in [0, 0.1) is 13.8 Å². The number of rotatable bonds is 6. The van der Waals surface area contributed by atoms with Gasteiger partial charge in [-0.25, -0.2) is 0 Å². The summed E-state index contributed by atoms with van der Waals surface area (Å²) in [5, 5.41) is 7.25. The average Bonchev–Trinajstić information content (AvgIpc) is 2.51. The maximum absolute atomic E-state index is 11.7. The van der Waals surface area contributed by atoms with Gasteiger partial charge in [0.25, 0.3) is 0 Å². The van der Waals surface area contributed by atoms with Gasteiger partial charge in [-0.2, -0.15) is 5.10 Å². The van der Waals surface area contributed by atoms with Crippen LogP contribution in [-0.2, 0) is 23.0 Å². The van der Waals surface area contributed by atoms with Crippen LogP contribution in [0.3, 0.4) is 0 Å². The van der Waals surface area contributed by atoms with Crippen molar-refractivity contribution >= 4 is 5.91 Å². The summed E-state index contributed by atoms with van der Waals surface area (Å²) in [6, 6.07) is 0.0543. The fourth-order valence-electron chi connectivity index (χ4n) is 2.06. The molecular formula is C13H23N3O2. The highest BCUT2D eigenvalue weighted by Gasteiger charge is 2.12. The lowest BCUT2D eigenvalue weighted by Gasteiger charge is -2.12. The van der Waals surface area contributed by atoms with Gasteiger partial charge in [0.05, 0.1) is 12.3 Å². The third-order valence-electron chi connectivity index (χ3n) is 3.08. The van der Waals surface area contributed by atoms with Crippen LogP contribution in [0.25, 0.3) is 0 Å². The van der Waals surface area contributed by atoms with Gasteiger partial charge in [0.1, 0.15) is 0 Å². The molecule has 0 radical (unpaired) electrons. The molecule has 18 heavy (non-hydrogen) atoms. The predicted molar refractivity (Wildman–Crippen MR) is 70.5 cm³/mol. The first-order valence-corrected chi connectivity index (χ1v) is 6.23. The van der Waals surface area contributed by atoms with Gasteiger partial charge in [0, 0.05) is 32.3 Å². The standard InChI is InChI=1S/C13H23N3O2/c1-9(8-18-5)14-13(17)7-6-12-10(2)15-16(4)11(12)3/h9H,6-8H2,1-5H3,(H,14,17)/t9-/m1/s1. The topological polar surface area (TPSA) is 56.1 Å². The average molecular weight is 253 g/mol. The molecule has 1 N–H and O–H groups in total. The molecule has 0 aliphatic heterocycles. The van der Waals surface area contributed by atoms with Crippen molar-refractivity contribution in [1.82, 2.24) is 15.1 Å². The molecule has 0 saturated carbocycles. The number of hydrogen-bond acceptors (Lipinski definition) is 3. The normalized spacial score (nSPS) is 12.5. The number of nitrogens with zero attached hydrogens (tertiary/aromatic N) is 2. The summed E-state index contributed by atoms with van der Waals surface area (Å²) < 4.78 is 6.84. The van der Waals surface area contributed by atoms with Crippen molar-refractivity contribution in [3.05, 3.63) is 17.0 Å². The Morgan fingerprint density at radius 2 is 2.17 bits per heavy atom. The molecule has 102 valence electrons. The highest BCUT2D eigenvalue weighted by molar-refractivity contribution is 5.76. The van der Waals surface area contributed by atoms with E-state index in [1.165, 1.54) is 5.56 Å². The first-order valence-electron chi connectivity index (χ1n) is 6.23. The molecule has 1 amide bonds. The van der Waals surface area contributed by atoms with Crippen LogP contribution in [0.15, 0.2) is 0 Å². The van der Waals surface area contributed by atoms with Crippen LogP contribution >= 0.6 is 0 Å². The van der Waals surface area contributed by atoms with E-state index < -0.39 is 0 Å². The van der Waals surface area contributed by atoms with Crippen molar-refractivity contribution in [2.75, 3.05) is 13.7 Å². The van der Waals surface area contributed by atoms with Gasteiger partial charge in [-0.05, 0) is 32.8 Å². The monoisotopic (exact) mass is 253 g/mol. The van der Waals surface area contributed by atoms with E-state index >= 15 is 0 Å². The second-order valence-corrected chi connectivity index (χ2v) is 4.70. The van der Waals surface area contributed by atoms with Gasteiger partial charge in [-0.1, -0.05) is 0 Å². The maximum atomic E-state index is 11.7. The van der Waals surface area contributed by atoms with Crippen molar-refractivity contribution in [3.63, 3.8) is 0 Å². The molecule has 0 unspecified atom stereocenters.